The molecule has 1 saturated carbocycles. The highest BCUT2D eigenvalue weighted by Crippen LogP contribution is 2.41. The number of hydrogen-bond donors (Lipinski definition) is 2. The van der Waals surface area contributed by atoms with Crippen LogP contribution in [0.4, 0.5) is 0 Å². The first-order valence-corrected chi connectivity index (χ1v) is 10.0. The molecule has 6 nitrogen and oxygen atoms in total. The van der Waals surface area contributed by atoms with E-state index in [9.17, 15) is 0 Å². The van der Waals surface area contributed by atoms with Crippen molar-refractivity contribution in [2.75, 3.05) is 59.7 Å². The van der Waals surface area contributed by atoms with Gasteiger partial charge in [0.25, 0.3) is 0 Å². The molecule has 0 aromatic carbocycles. The van der Waals surface area contributed by atoms with Gasteiger partial charge in [-0.2, -0.15) is 0 Å². The van der Waals surface area contributed by atoms with E-state index >= 15 is 0 Å². The first kappa shape index (κ1) is 23.9. The van der Waals surface area contributed by atoms with Crippen LogP contribution in [0.25, 0.3) is 0 Å². The highest BCUT2D eigenvalue weighted by molar-refractivity contribution is 14.0. The quantitative estimate of drug-likeness (QED) is 0.301. The fourth-order valence-corrected chi connectivity index (χ4v) is 3.91. The molecule has 2 aliphatic rings. The van der Waals surface area contributed by atoms with Gasteiger partial charge in [0, 0.05) is 52.5 Å². The van der Waals surface area contributed by atoms with Crippen molar-refractivity contribution in [1.82, 2.24) is 15.5 Å². The summed E-state index contributed by atoms with van der Waals surface area (Å²) < 4.78 is 10.8. The summed E-state index contributed by atoms with van der Waals surface area (Å²) in [4.78, 5) is 7.42. The van der Waals surface area contributed by atoms with Gasteiger partial charge in [0.1, 0.15) is 0 Å². The molecule has 1 saturated heterocycles. The van der Waals surface area contributed by atoms with E-state index < -0.39 is 0 Å². The van der Waals surface area contributed by atoms with Crippen molar-refractivity contribution in [3.05, 3.63) is 0 Å². The number of hydrogen-bond acceptors (Lipinski definition) is 4. The average Bonchev–Trinajstić information content (AvgIpc) is 3.12. The van der Waals surface area contributed by atoms with Crippen LogP contribution in [0, 0.1) is 5.41 Å². The predicted octanol–water partition coefficient (Wildman–Crippen LogP) is 2.48. The van der Waals surface area contributed by atoms with E-state index in [1.54, 1.807) is 7.11 Å². The zero-order valence-corrected chi connectivity index (χ0v) is 19.2. The summed E-state index contributed by atoms with van der Waals surface area (Å²) in [7, 11) is 1.80. The fourth-order valence-electron chi connectivity index (χ4n) is 3.91. The lowest BCUT2D eigenvalue weighted by Crippen LogP contribution is -2.49. The maximum absolute atomic E-state index is 5.44. The number of methoxy groups -OCH3 is 1. The minimum Gasteiger partial charge on any atom is -0.385 e. The van der Waals surface area contributed by atoms with E-state index in [-0.39, 0.29) is 24.0 Å². The van der Waals surface area contributed by atoms with Gasteiger partial charge in [0.15, 0.2) is 5.96 Å². The van der Waals surface area contributed by atoms with E-state index in [1.165, 1.54) is 25.7 Å². The highest BCUT2D eigenvalue weighted by Gasteiger charge is 2.33. The molecule has 1 atom stereocenters. The van der Waals surface area contributed by atoms with E-state index in [1.807, 2.05) is 0 Å². The number of ether oxygens (including phenoxy) is 2. The lowest BCUT2D eigenvalue weighted by molar-refractivity contribution is 0.0211. The third kappa shape index (κ3) is 7.86. The Hall–Kier alpha value is -0.120. The summed E-state index contributed by atoms with van der Waals surface area (Å²) in [5.74, 6) is 0.950. The van der Waals surface area contributed by atoms with Gasteiger partial charge < -0.3 is 20.1 Å². The number of guanidine groups is 1. The number of halogens is 1. The Bertz CT molecular complexity index is 397. The maximum atomic E-state index is 5.44. The molecule has 1 unspecified atom stereocenters. The molecule has 0 aromatic heterocycles. The van der Waals surface area contributed by atoms with Gasteiger partial charge in [-0.1, -0.05) is 12.8 Å². The number of nitrogens with zero attached hydrogens (tertiary/aromatic N) is 2. The second kappa shape index (κ2) is 13.1. The van der Waals surface area contributed by atoms with Crippen LogP contribution in [0.5, 0.6) is 0 Å². The van der Waals surface area contributed by atoms with Crippen molar-refractivity contribution in [2.45, 2.75) is 52.0 Å². The Balaban J connectivity index is 0.00000338. The number of morpholine rings is 1. The smallest absolute Gasteiger partial charge is 0.191 e. The Morgan fingerprint density at radius 1 is 1.23 bits per heavy atom. The lowest BCUT2D eigenvalue weighted by Gasteiger charge is -2.32. The average molecular weight is 482 g/mol. The molecule has 1 heterocycles. The number of aliphatic imine (C=N–C) groups is 1. The summed E-state index contributed by atoms with van der Waals surface area (Å²) >= 11 is 0. The summed E-state index contributed by atoms with van der Waals surface area (Å²) in [6, 6.07) is 0.488. The van der Waals surface area contributed by atoms with Crippen molar-refractivity contribution in [1.29, 1.82) is 0 Å². The molecule has 0 amide bonds. The molecule has 0 aromatic rings. The third-order valence-corrected chi connectivity index (χ3v) is 5.65. The molecule has 1 aliphatic carbocycles. The molecule has 7 heteroatoms. The number of nitrogens with one attached hydrogen (secondary N) is 2. The normalized spacial score (nSPS) is 21.9. The Labute approximate surface area is 176 Å². The summed E-state index contributed by atoms with van der Waals surface area (Å²) in [5.41, 5.74) is 0.341. The summed E-state index contributed by atoms with van der Waals surface area (Å²) in [6.45, 7) is 11.7. The third-order valence-electron chi connectivity index (χ3n) is 5.65. The predicted molar refractivity (Wildman–Crippen MR) is 119 cm³/mol. The maximum Gasteiger partial charge on any atom is 0.191 e. The Kier molecular flexibility index (Phi) is 12.1. The highest BCUT2D eigenvalue weighted by atomic mass is 127. The van der Waals surface area contributed by atoms with Gasteiger partial charge in [-0.25, -0.2) is 0 Å². The minimum atomic E-state index is 0. The number of rotatable bonds is 9. The molecule has 0 spiro atoms. The fraction of sp³-hybridized carbons (Fsp3) is 0.947. The molecule has 2 fully saturated rings. The molecule has 26 heavy (non-hydrogen) atoms. The van der Waals surface area contributed by atoms with Crippen LogP contribution < -0.4 is 10.6 Å². The van der Waals surface area contributed by atoms with Crippen molar-refractivity contribution >= 4 is 29.9 Å². The van der Waals surface area contributed by atoms with Crippen LogP contribution >= 0.6 is 24.0 Å². The monoisotopic (exact) mass is 482 g/mol. The molecular weight excluding hydrogens is 443 g/mol. The second-order valence-corrected chi connectivity index (χ2v) is 7.52. The van der Waals surface area contributed by atoms with Gasteiger partial charge in [0.05, 0.1) is 13.2 Å². The van der Waals surface area contributed by atoms with E-state index in [0.717, 1.165) is 64.9 Å². The molecular formula is C19H39IN4O2. The molecule has 2 rings (SSSR count). The largest absolute Gasteiger partial charge is 0.385 e. The minimum absolute atomic E-state index is 0. The zero-order chi connectivity index (χ0) is 18.0. The van der Waals surface area contributed by atoms with Crippen molar-refractivity contribution in [2.24, 2.45) is 10.4 Å². The Morgan fingerprint density at radius 2 is 1.92 bits per heavy atom. The van der Waals surface area contributed by atoms with Crippen molar-refractivity contribution < 1.29 is 9.47 Å². The molecule has 1 aliphatic heterocycles. The van der Waals surface area contributed by atoms with Crippen LogP contribution in [0.1, 0.15) is 46.0 Å². The van der Waals surface area contributed by atoms with Gasteiger partial charge in [0.2, 0.25) is 0 Å². The molecule has 2 N–H and O–H groups in total. The van der Waals surface area contributed by atoms with E-state index in [4.69, 9.17) is 14.5 Å². The first-order valence-electron chi connectivity index (χ1n) is 10.0. The van der Waals surface area contributed by atoms with Crippen molar-refractivity contribution in [3.8, 4) is 0 Å². The van der Waals surface area contributed by atoms with Crippen LogP contribution in [0.2, 0.25) is 0 Å². The van der Waals surface area contributed by atoms with Crippen molar-refractivity contribution in [3.63, 3.8) is 0 Å². The van der Waals surface area contributed by atoms with Crippen LogP contribution in [-0.2, 0) is 9.47 Å². The standard InChI is InChI=1S/C19H38N4O2.HI/c1-4-20-18(21-15-17(2)23-10-13-25-14-11-23)22-16-19(9-12-24-3)7-5-6-8-19;/h17H,4-16H2,1-3H3,(H2,20,21,22);1H. The molecule has 154 valence electrons. The summed E-state index contributed by atoms with van der Waals surface area (Å²) in [5, 5.41) is 6.94. The van der Waals surface area contributed by atoms with Crippen LogP contribution in [0.15, 0.2) is 4.99 Å². The van der Waals surface area contributed by atoms with Crippen LogP contribution in [0.3, 0.4) is 0 Å². The van der Waals surface area contributed by atoms with Gasteiger partial charge in [-0.3, -0.25) is 9.89 Å². The molecule has 0 bridgehead atoms. The SMILES string of the molecule is CCNC(=NCC1(CCOC)CCCC1)NCC(C)N1CCOCC1.I. The lowest BCUT2D eigenvalue weighted by atomic mass is 9.83. The topological polar surface area (TPSA) is 58.1 Å². The summed E-state index contributed by atoms with van der Waals surface area (Å²) in [6.07, 6.45) is 6.35. The second-order valence-electron chi connectivity index (χ2n) is 7.52. The van der Waals surface area contributed by atoms with E-state index in [2.05, 4.69) is 29.4 Å². The Morgan fingerprint density at radius 3 is 2.54 bits per heavy atom. The van der Waals surface area contributed by atoms with Crippen LogP contribution in [-0.4, -0.2) is 76.6 Å². The van der Waals surface area contributed by atoms with Gasteiger partial charge in [-0.15, -0.1) is 24.0 Å². The van der Waals surface area contributed by atoms with E-state index in [0.29, 0.717) is 11.5 Å². The molecule has 0 radical (unpaired) electrons. The zero-order valence-electron chi connectivity index (χ0n) is 16.9. The van der Waals surface area contributed by atoms with Gasteiger partial charge in [-0.05, 0) is 38.5 Å². The first-order chi connectivity index (χ1) is 12.2. The van der Waals surface area contributed by atoms with Gasteiger partial charge >= 0.3 is 0 Å².